The third kappa shape index (κ3) is 4.82. The van der Waals surface area contributed by atoms with Gasteiger partial charge in [0.15, 0.2) is 4.47 Å². The highest BCUT2D eigenvalue weighted by Gasteiger charge is 2.17. The summed E-state index contributed by atoms with van der Waals surface area (Å²) in [5, 5.41) is 2.90. The minimum atomic E-state index is -0.139. The second kappa shape index (κ2) is 7.56. The normalized spacial score (nSPS) is 11.0. The molecular formula is C14H19ClN4OS. The summed E-state index contributed by atoms with van der Waals surface area (Å²) >= 11 is 7.33. The number of rotatable bonds is 7. The van der Waals surface area contributed by atoms with E-state index in [9.17, 15) is 4.79 Å². The zero-order valence-corrected chi connectivity index (χ0v) is 13.7. The summed E-state index contributed by atoms with van der Waals surface area (Å²) in [5.74, 6) is 0.328. The average Bonchev–Trinajstić information content (AvgIpc) is 3.03. The monoisotopic (exact) mass is 326 g/mol. The van der Waals surface area contributed by atoms with Crippen molar-refractivity contribution in [3.05, 3.63) is 33.8 Å². The van der Waals surface area contributed by atoms with Crippen LogP contribution < -0.4 is 5.32 Å². The van der Waals surface area contributed by atoms with Crippen LogP contribution in [0, 0.1) is 5.92 Å². The van der Waals surface area contributed by atoms with E-state index >= 15 is 0 Å². The molecule has 2 heterocycles. The van der Waals surface area contributed by atoms with Crippen LogP contribution in [0.5, 0.6) is 0 Å². The lowest BCUT2D eigenvalue weighted by molar-refractivity contribution is 0.0947. The van der Waals surface area contributed by atoms with Crippen LogP contribution in [-0.4, -0.2) is 27.0 Å². The number of carbonyl (C=O) groups excluding carboxylic acids is 1. The van der Waals surface area contributed by atoms with Crippen LogP contribution in [0.3, 0.4) is 0 Å². The molecule has 2 aromatic rings. The van der Waals surface area contributed by atoms with Crippen LogP contribution >= 0.6 is 22.9 Å². The summed E-state index contributed by atoms with van der Waals surface area (Å²) in [6.07, 6.45) is 7.08. The smallest absolute Gasteiger partial charge is 0.271 e. The Labute approximate surface area is 133 Å². The summed E-state index contributed by atoms with van der Waals surface area (Å²) in [5.41, 5.74) is 0.473. The van der Waals surface area contributed by atoms with Gasteiger partial charge < -0.3 is 9.88 Å². The number of nitrogens with one attached hydrogen (secondary N) is 1. The first-order valence-corrected chi connectivity index (χ1v) is 8.15. The van der Waals surface area contributed by atoms with Gasteiger partial charge in [0.2, 0.25) is 0 Å². The van der Waals surface area contributed by atoms with E-state index in [1.165, 1.54) is 11.3 Å². The van der Waals surface area contributed by atoms with Gasteiger partial charge in [0.25, 0.3) is 5.91 Å². The number of halogens is 1. The molecule has 1 N–H and O–H groups in total. The number of hydrogen-bond acceptors (Lipinski definition) is 4. The maximum Gasteiger partial charge on any atom is 0.271 e. The van der Waals surface area contributed by atoms with Gasteiger partial charge in [0.05, 0.1) is 6.33 Å². The predicted octanol–water partition coefficient (Wildman–Crippen LogP) is 3.01. The fraction of sp³-hybridized carbons (Fsp3) is 0.500. The van der Waals surface area contributed by atoms with Gasteiger partial charge in [0, 0.05) is 30.4 Å². The van der Waals surface area contributed by atoms with Crippen molar-refractivity contribution in [2.24, 2.45) is 5.92 Å². The fourth-order valence-electron chi connectivity index (χ4n) is 1.98. The molecule has 21 heavy (non-hydrogen) atoms. The van der Waals surface area contributed by atoms with Crippen LogP contribution in [0.1, 0.15) is 35.6 Å². The predicted molar refractivity (Wildman–Crippen MR) is 84.8 cm³/mol. The van der Waals surface area contributed by atoms with E-state index in [2.05, 4.69) is 29.1 Å². The number of hydrogen-bond donors (Lipinski definition) is 1. The Morgan fingerprint density at radius 3 is 3.00 bits per heavy atom. The molecule has 0 aromatic carbocycles. The summed E-state index contributed by atoms with van der Waals surface area (Å²) in [6.45, 7) is 5.66. The summed E-state index contributed by atoms with van der Waals surface area (Å²) in [4.78, 5) is 21.3. The summed E-state index contributed by atoms with van der Waals surface area (Å²) in [7, 11) is 0. The molecule has 114 valence electrons. The molecule has 2 aromatic heterocycles. The Morgan fingerprint density at radius 1 is 1.52 bits per heavy atom. The van der Waals surface area contributed by atoms with E-state index in [1.54, 1.807) is 12.5 Å². The lowest BCUT2D eigenvalue weighted by Gasteiger charge is -2.07. The average molecular weight is 327 g/mol. The zero-order chi connectivity index (χ0) is 15.2. The van der Waals surface area contributed by atoms with Gasteiger partial charge >= 0.3 is 0 Å². The van der Waals surface area contributed by atoms with E-state index in [4.69, 9.17) is 11.6 Å². The number of aryl methyl sites for hydroxylation is 1. The molecule has 5 nitrogen and oxygen atoms in total. The molecule has 2 rings (SSSR count). The summed E-state index contributed by atoms with van der Waals surface area (Å²) < 4.78 is 2.41. The van der Waals surface area contributed by atoms with E-state index < -0.39 is 0 Å². The second-order valence-corrected chi connectivity index (χ2v) is 6.91. The van der Waals surface area contributed by atoms with E-state index in [0.29, 0.717) is 22.6 Å². The standard InChI is InChI=1S/C14H19ClN4OS/c1-10(2)8-11-12(18-14(15)21-11)13(20)17-4-3-6-19-7-5-16-9-19/h5,7,9-10H,3-4,6,8H2,1-2H3,(H,17,20). The molecule has 7 heteroatoms. The first-order valence-electron chi connectivity index (χ1n) is 6.95. The van der Waals surface area contributed by atoms with Crippen molar-refractivity contribution in [2.45, 2.75) is 33.2 Å². The second-order valence-electron chi connectivity index (χ2n) is 5.25. The molecule has 0 bridgehead atoms. The summed E-state index contributed by atoms with van der Waals surface area (Å²) in [6, 6.07) is 0. The molecule has 0 aliphatic rings. The van der Waals surface area contributed by atoms with Gasteiger partial charge in [-0.15, -0.1) is 11.3 Å². The molecule has 0 saturated heterocycles. The third-order valence-corrected chi connectivity index (χ3v) is 4.10. The first kappa shape index (κ1) is 16.0. The van der Waals surface area contributed by atoms with Gasteiger partial charge in [-0.3, -0.25) is 4.79 Å². The van der Waals surface area contributed by atoms with E-state index in [0.717, 1.165) is 24.3 Å². The van der Waals surface area contributed by atoms with Crippen molar-refractivity contribution >= 4 is 28.8 Å². The minimum absolute atomic E-state index is 0.139. The molecule has 0 aliphatic carbocycles. The SMILES string of the molecule is CC(C)Cc1sc(Cl)nc1C(=O)NCCCn1ccnc1. The van der Waals surface area contributed by atoms with E-state index in [1.807, 2.05) is 10.8 Å². The lowest BCUT2D eigenvalue weighted by atomic mass is 10.1. The van der Waals surface area contributed by atoms with Gasteiger partial charge in [-0.1, -0.05) is 25.4 Å². The van der Waals surface area contributed by atoms with Gasteiger partial charge in [-0.2, -0.15) is 0 Å². The van der Waals surface area contributed by atoms with Crippen LogP contribution in [-0.2, 0) is 13.0 Å². The largest absolute Gasteiger partial charge is 0.351 e. The fourth-order valence-corrected chi connectivity index (χ4v) is 3.33. The number of carbonyl (C=O) groups is 1. The Bertz CT molecular complexity index is 580. The highest BCUT2D eigenvalue weighted by Crippen LogP contribution is 2.25. The Kier molecular flexibility index (Phi) is 5.76. The maximum atomic E-state index is 12.2. The number of aromatic nitrogens is 3. The molecule has 1 amide bonds. The molecule has 0 radical (unpaired) electrons. The molecule has 0 fully saturated rings. The topological polar surface area (TPSA) is 59.8 Å². The van der Waals surface area contributed by atoms with E-state index in [-0.39, 0.29) is 5.91 Å². The molecule has 0 spiro atoms. The third-order valence-electron chi connectivity index (χ3n) is 2.92. The lowest BCUT2D eigenvalue weighted by Crippen LogP contribution is -2.26. The Hall–Kier alpha value is -1.40. The first-order chi connectivity index (χ1) is 10.1. The van der Waals surface area contributed by atoms with Gasteiger partial charge in [0.1, 0.15) is 5.69 Å². The molecule has 0 atom stereocenters. The minimum Gasteiger partial charge on any atom is -0.351 e. The number of thiazole rings is 1. The number of amides is 1. The Balaban J connectivity index is 1.85. The zero-order valence-electron chi connectivity index (χ0n) is 12.2. The maximum absolute atomic E-state index is 12.2. The van der Waals surface area contributed by atoms with Crippen molar-refractivity contribution < 1.29 is 4.79 Å². The molecule has 0 unspecified atom stereocenters. The van der Waals surface area contributed by atoms with Crippen LogP contribution in [0.2, 0.25) is 4.47 Å². The molecule has 0 aliphatic heterocycles. The van der Waals surface area contributed by atoms with Crippen molar-refractivity contribution in [3.8, 4) is 0 Å². The van der Waals surface area contributed by atoms with Crippen molar-refractivity contribution in [3.63, 3.8) is 0 Å². The van der Waals surface area contributed by atoms with Gasteiger partial charge in [-0.05, 0) is 18.8 Å². The Morgan fingerprint density at radius 2 is 2.33 bits per heavy atom. The van der Waals surface area contributed by atoms with Crippen LogP contribution in [0.25, 0.3) is 0 Å². The van der Waals surface area contributed by atoms with Crippen molar-refractivity contribution in [2.75, 3.05) is 6.54 Å². The highest BCUT2D eigenvalue weighted by molar-refractivity contribution is 7.16. The van der Waals surface area contributed by atoms with Crippen molar-refractivity contribution in [1.82, 2.24) is 19.9 Å². The number of nitrogens with zero attached hydrogens (tertiary/aromatic N) is 3. The quantitative estimate of drug-likeness (QED) is 0.796. The number of imidazole rings is 1. The molecule has 0 saturated carbocycles. The van der Waals surface area contributed by atoms with Crippen molar-refractivity contribution in [1.29, 1.82) is 0 Å². The highest BCUT2D eigenvalue weighted by atomic mass is 35.5. The molecular weight excluding hydrogens is 308 g/mol. The van der Waals surface area contributed by atoms with Crippen LogP contribution in [0.4, 0.5) is 0 Å². The van der Waals surface area contributed by atoms with Gasteiger partial charge in [-0.25, -0.2) is 9.97 Å². The van der Waals surface area contributed by atoms with Crippen LogP contribution in [0.15, 0.2) is 18.7 Å².